The highest BCUT2D eigenvalue weighted by molar-refractivity contribution is 5.71. The molecule has 2 N–H and O–H groups in total. The monoisotopic (exact) mass is 740 g/mol. The number of aromatic hydroxyl groups is 2. The van der Waals surface area contributed by atoms with Gasteiger partial charge in [-0.05, 0) is 57.1 Å². The van der Waals surface area contributed by atoms with Crippen molar-refractivity contribution < 1.29 is 48.2 Å². The van der Waals surface area contributed by atoms with Crippen molar-refractivity contribution in [1.29, 1.82) is 0 Å². The quantitative estimate of drug-likeness (QED) is 0.205. The van der Waals surface area contributed by atoms with E-state index in [2.05, 4.69) is 0 Å². The van der Waals surface area contributed by atoms with Crippen LogP contribution < -0.4 is 0 Å². The Hall–Kier alpha value is -3.18. The van der Waals surface area contributed by atoms with Crippen LogP contribution in [0.1, 0.15) is 130 Å². The van der Waals surface area contributed by atoms with Gasteiger partial charge in [-0.2, -0.15) is 0 Å². The van der Waals surface area contributed by atoms with E-state index in [1.165, 1.54) is 0 Å². The highest BCUT2D eigenvalue weighted by Crippen LogP contribution is 2.40. The van der Waals surface area contributed by atoms with Crippen LogP contribution in [-0.2, 0) is 48.8 Å². The minimum atomic E-state index is -0.599. The summed E-state index contributed by atoms with van der Waals surface area (Å²) in [6, 6.07) is 11.0. The fourth-order valence-electron chi connectivity index (χ4n) is 6.70. The zero-order valence-electron chi connectivity index (χ0n) is 34.1. The molecule has 2 aliphatic heterocycles. The second-order valence-corrected chi connectivity index (χ2v) is 19.0. The molecule has 0 radical (unpaired) electrons. The number of ether oxygens (including phenoxy) is 6. The number of hydrogen-bond acceptors (Lipinski definition) is 10. The molecule has 296 valence electrons. The molecule has 2 unspecified atom stereocenters. The molecule has 53 heavy (non-hydrogen) atoms. The van der Waals surface area contributed by atoms with Gasteiger partial charge in [0.05, 0.1) is 44.7 Å². The number of phenolic OH excluding ortho intramolecular Hbond substituents is 2. The normalized spacial score (nSPS) is 22.6. The van der Waals surface area contributed by atoms with Crippen LogP contribution >= 0.6 is 0 Å². The topological polar surface area (TPSA) is 130 Å². The van der Waals surface area contributed by atoms with Crippen LogP contribution in [0.15, 0.2) is 36.4 Å². The maximum Gasteiger partial charge on any atom is 0.306 e. The zero-order chi connectivity index (χ0) is 39.6. The smallest absolute Gasteiger partial charge is 0.306 e. The van der Waals surface area contributed by atoms with Crippen molar-refractivity contribution in [1.82, 2.24) is 0 Å². The first-order valence-corrected chi connectivity index (χ1v) is 18.9. The van der Waals surface area contributed by atoms with Crippen LogP contribution in [0.3, 0.4) is 0 Å². The summed E-state index contributed by atoms with van der Waals surface area (Å²) < 4.78 is 36.2. The van der Waals surface area contributed by atoms with E-state index in [0.717, 1.165) is 22.3 Å². The summed E-state index contributed by atoms with van der Waals surface area (Å²) in [4.78, 5) is 25.8. The molecule has 0 aromatic heterocycles. The molecule has 0 bridgehead atoms. The largest absolute Gasteiger partial charge is 0.508 e. The molecule has 2 atom stereocenters. The van der Waals surface area contributed by atoms with E-state index in [1.807, 2.05) is 107 Å². The number of phenols is 2. The molecule has 0 aliphatic carbocycles. The highest BCUT2D eigenvalue weighted by atomic mass is 16.7. The van der Waals surface area contributed by atoms with E-state index >= 15 is 0 Å². The predicted octanol–water partition coefficient (Wildman–Crippen LogP) is 8.25. The standard InChI is InChI=1S/C43H64O10/c1-27(29-13-15-33(44)31(19-29)39(3,4)5)17-35(46)48-21-41(9,10)37-50-23-43(24-51-37)25-52-38(53-26-43)42(11,12)22-49-36(47)18-28(2)30-14-16-34(45)32(20-30)40(6,7)8/h13-16,19-20,27-28,37-38,44-45H,17-18,21-26H2,1-12H3. The second-order valence-electron chi connectivity index (χ2n) is 19.0. The van der Waals surface area contributed by atoms with Crippen molar-refractivity contribution in [2.24, 2.45) is 16.2 Å². The Balaban J connectivity index is 1.20. The van der Waals surface area contributed by atoms with Gasteiger partial charge >= 0.3 is 11.9 Å². The molecular weight excluding hydrogens is 676 g/mol. The third kappa shape index (κ3) is 11.0. The molecule has 2 aliphatic rings. The molecule has 10 nitrogen and oxygen atoms in total. The lowest BCUT2D eigenvalue weighted by Gasteiger charge is -2.48. The molecular formula is C43H64O10. The fraction of sp³-hybridized carbons (Fsp3) is 0.674. The molecule has 2 aromatic carbocycles. The van der Waals surface area contributed by atoms with E-state index < -0.39 is 28.8 Å². The number of esters is 2. The summed E-state index contributed by atoms with van der Waals surface area (Å²) >= 11 is 0. The molecule has 2 saturated heterocycles. The van der Waals surface area contributed by atoms with Gasteiger partial charge in [0.15, 0.2) is 12.6 Å². The van der Waals surface area contributed by atoms with E-state index in [1.54, 1.807) is 12.1 Å². The van der Waals surface area contributed by atoms with Crippen molar-refractivity contribution in [2.45, 2.75) is 131 Å². The van der Waals surface area contributed by atoms with Gasteiger partial charge in [0.1, 0.15) is 24.7 Å². The first-order valence-electron chi connectivity index (χ1n) is 18.9. The number of rotatable bonds is 12. The van der Waals surface area contributed by atoms with Gasteiger partial charge in [0.2, 0.25) is 0 Å². The van der Waals surface area contributed by atoms with Crippen LogP contribution in [0, 0.1) is 16.2 Å². The Morgan fingerprint density at radius 2 is 0.962 bits per heavy atom. The number of benzene rings is 2. The van der Waals surface area contributed by atoms with Gasteiger partial charge in [-0.3, -0.25) is 9.59 Å². The maximum absolute atomic E-state index is 12.9. The lowest BCUT2D eigenvalue weighted by molar-refractivity contribution is -0.337. The third-order valence-electron chi connectivity index (χ3n) is 10.4. The molecule has 2 aromatic rings. The second kappa shape index (κ2) is 16.3. The molecule has 10 heteroatoms. The van der Waals surface area contributed by atoms with Crippen LogP contribution in [0.2, 0.25) is 0 Å². The van der Waals surface area contributed by atoms with Crippen molar-refractivity contribution in [3.63, 3.8) is 0 Å². The van der Waals surface area contributed by atoms with Gasteiger partial charge in [-0.1, -0.05) is 107 Å². The lowest BCUT2D eigenvalue weighted by Crippen LogP contribution is -2.57. The number of carbonyl (C=O) groups excluding carboxylic acids is 2. The maximum atomic E-state index is 12.9. The molecule has 1 spiro atoms. The average molecular weight is 741 g/mol. The molecule has 2 heterocycles. The Kier molecular flexibility index (Phi) is 13.1. The summed E-state index contributed by atoms with van der Waals surface area (Å²) in [6.45, 7) is 25.7. The molecule has 4 rings (SSSR count). The van der Waals surface area contributed by atoms with Crippen molar-refractivity contribution in [3.05, 3.63) is 58.7 Å². The summed E-state index contributed by atoms with van der Waals surface area (Å²) in [5.74, 6) is -0.266. The van der Waals surface area contributed by atoms with E-state index in [4.69, 9.17) is 28.4 Å². The van der Waals surface area contributed by atoms with E-state index in [9.17, 15) is 19.8 Å². The Morgan fingerprint density at radius 3 is 1.26 bits per heavy atom. The van der Waals surface area contributed by atoms with Crippen molar-refractivity contribution in [3.8, 4) is 11.5 Å². The van der Waals surface area contributed by atoms with Gasteiger partial charge in [0.25, 0.3) is 0 Å². The van der Waals surface area contributed by atoms with E-state index in [-0.39, 0.29) is 72.2 Å². The summed E-state index contributed by atoms with van der Waals surface area (Å²) in [7, 11) is 0. The highest BCUT2D eigenvalue weighted by Gasteiger charge is 2.48. The molecule has 0 saturated carbocycles. The van der Waals surface area contributed by atoms with Crippen LogP contribution in [-0.4, -0.2) is 74.4 Å². The summed E-state index contributed by atoms with van der Waals surface area (Å²) in [5.41, 5.74) is 1.52. The minimum absolute atomic E-state index is 0.0797. The number of carbonyl (C=O) groups is 2. The fourth-order valence-corrected chi connectivity index (χ4v) is 6.70. The molecule has 2 fully saturated rings. The Bertz CT molecular complexity index is 1440. The van der Waals surface area contributed by atoms with Crippen LogP contribution in [0.5, 0.6) is 11.5 Å². The summed E-state index contributed by atoms with van der Waals surface area (Å²) in [5, 5.41) is 20.6. The van der Waals surface area contributed by atoms with Crippen molar-refractivity contribution >= 4 is 11.9 Å². The first kappa shape index (κ1) is 42.6. The number of hydrogen-bond donors (Lipinski definition) is 2. The molecule has 0 amide bonds. The first-order chi connectivity index (χ1) is 24.4. The average Bonchev–Trinajstić information content (AvgIpc) is 3.06. The minimum Gasteiger partial charge on any atom is -0.508 e. The predicted molar refractivity (Wildman–Crippen MR) is 203 cm³/mol. The Morgan fingerprint density at radius 1 is 0.642 bits per heavy atom. The van der Waals surface area contributed by atoms with Gasteiger partial charge in [-0.25, -0.2) is 0 Å². The van der Waals surface area contributed by atoms with Gasteiger partial charge in [-0.15, -0.1) is 0 Å². The van der Waals surface area contributed by atoms with Gasteiger partial charge < -0.3 is 38.6 Å². The zero-order valence-corrected chi connectivity index (χ0v) is 34.1. The van der Waals surface area contributed by atoms with Crippen LogP contribution in [0.4, 0.5) is 0 Å². The summed E-state index contributed by atoms with van der Waals surface area (Å²) in [6.07, 6.45) is -0.740. The van der Waals surface area contributed by atoms with Crippen molar-refractivity contribution in [2.75, 3.05) is 39.6 Å². The van der Waals surface area contributed by atoms with Gasteiger partial charge in [0, 0.05) is 10.8 Å². The lowest BCUT2D eigenvalue weighted by atomic mass is 9.83. The van der Waals surface area contributed by atoms with E-state index in [0.29, 0.717) is 26.4 Å². The third-order valence-corrected chi connectivity index (χ3v) is 10.4. The Labute approximate surface area is 316 Å². The van der Waals surface area contributed by atoms with Crippen LogP contribution in [0.25, 0.3) is 0 Å². The SMILES string of the molecule is CC(CC(=O)OCC(C)(C)C1OCC2(CO1)COC(C(C)(C)COC(=O)CC(C)c1ccc(O)c(C(C)(C)C)c1)OC2)c1ccc(O)c(C(C)(C)C)c1.